The van der Waals surface area contributed by atoms with E-state index in [1.54, 1.807) is 0 Å². The van der Waals surface area contributed by atoms with Gasteiger partial charge in [0.25, 0.3) is 0 Å². The average Bonchev–Trinajstić information content (AvgIpc) is 2.86. The summed E-state index contributed by atoms with van der Waals surface area (Å²) in [4.78, 5) is 12.7. The summed E-state index contributed by atoms with van der Waals surface area (Å²) >= 11 is 0. The predicted octanol–water partition coefficient (Wildman–Crippen LogP) is 4.88. The van der Waals surface area contributed by atoms with Gasteiger partial charge in [-0.1, -0.05) is 54.4 Å². The SMILES string of the molecule is CC(C)(C)CC(CF)(C(=O)OCOC1CCCC1)C(C)(C)C. The second-order valence-electron chi connectivity index (χ2n) is 8.83. The van der Waals surface area contributed by atoms with Crippen LogP contribution in [0.4, 0.5) is 4.39 Å². The minimum atomic E-state index is -1.13. The maximum atomic E-state index is 14.0. The van der Waals surface area contributed by atoms with Crippen molar-refractivity contribution in [3.05, 3.63) is 0 Å². The lowest BCUT2D eigenvalue weighted by Gasteiger charge is -2.44. The molecule has 130 valence electrons. The smallest absolute Gasteiger partial charge is 0.317 e. The van der Waals surface area contributed by atoms with Crippen molar-refractivity contribution in [2.45, 2.75) is 79.8 Å². The van der Waals surface area contributed by atoms with E-state index in [9.17, 15) is 9.18 Å². The standard InChI is InChI=1S/C18H33FO3/c1-16(2,3)11-18(12-19,17(4,5)6)15(20)22-13-21-14-9-7-8-10-14/h14H,7-13H2,1-6H3. The zero-order chi connectivity index (χ0) is 17.0. The van der Waals surface area contributed by atoms with Gasteiger partial charge in [0.05, 0.1) is 6.10 Å². The van der Waals surface area contributed by atoms with Crippen LogP contribution in [0, 0.1) is 16.2 Å². The fourth-order valence-electron chi connectivity index (χ4n) is 3.23. The number of hydrogen-bond acceptors (Lipinski definition) is 3. The predicted molar refractivity (Wildman–Crippen MR) is 86.2 cm³/mol. The largest absolute Gasteiger partial charge is 0.438 e. The summed E-state index contributed by atoms with van der Waals surface area (Å²) in [6, 6.07) is 0. The molecule has 0 aromatic carbocycles. The normalized spacial score (nSPS) is 20.0. The molecule has 1 unspecified atom stereocenters. The van der Waals surface area contributed by atoms with Gasteiger partial charge in [0.1, 0.15) is 12.1 Å². The third-order valence-electron chi connectivity index (χ3n) is 4.68. The number of halogens is 1. The van der Waals surface area contributed by atoms with Crippen molar-refractivity contribution in [1.29, 1.82) is 0 Å². The molecule has 1 atom stereocenters. The Kier molecular flexibility index (Phi) is 6.43. The van der Waals surface area contributed by atoms with E-state index in [2.05, 4.69) is 0 Å². The maximum Gasteiger partial charge on any atom is 0.317 e. The van der Waals surface area contributed by atoms with Crippen LogP contribution in [-0.4, -0.2) is 25.5 Å². The first-order chi connectivity index (χ1) is 10.0. The number of carbonyl (C=O) groups excluding carboxylic acids is 1. The van der Waals surface area contributed by atoms with Crippen molar-refractivity contribution in [2.75, 3.05) is 13.5 Å². The fourth-order valence-corrected chi connectivity index (χ4v) is 3.23. The lowest BCUT2D eigenvalue weighted by Crippen LogP contribution is -2.48. The molecule has 1 rings (SSSR count). The minimum absolute atomic E-state index is 0.0640. The summed E-state index contributed by atoms with van der Waals surface area (Å²) < 4.78 is 24.9. The highest BCUT2D eigenvalue weighted by atomic mass is 19.1. The zero-order valence-corrected chi connectivity index (χ0v) is 15.1. The molecule has 0 bridgehead atoms. The molecule has 0 amide bonds. The Morgan fingerprint density at radius 3 is 2.05 bits per heavy atom. The fraction of sp³-hybridized carbons (Fsp3) is 0.944. The molecule has 0 radical (unpaired) electrons. The Hall–Kier alpha value is -0.640. The van der Waals surface area contributed by atoms with Crippen LogP contribution in [0.25, 0.3) is 0 Å². The minimum Gasteiger partial charge on any atom is -0.438 e. The molecule has 22 heavy (non-hydrogen) atoms. The average molecular weight is 316 g/mol. The van der Waals surface area contributed by atoms with Gasteiger partial charge in [0.15, 0.2) is 6.79 Å². The number of carbonyl (C=O) groups is 1. The number of rotatable bonds is 6. The molecule has 3 nitrogen and oxygen atoms in total. The van der Waals surface area contributed by atoms with Crippen molar-refractivity contribution in [2.24, 2.45) is 16.2 Å². The van der Waals surface area contributed by atoms with Gasteiger partial charge in [-0.05, 0) is 30.1 Å². The molecule has 1 fully saturated rings. The molecule has 0 spiro atoms. The molecular weight excluding hydrogens is 283 g/mol. The first-order valence-electron chi connectivity index (χ1n) is 8.37. The molecule has 1 aliphatic rings. The maximum absolute atomic E-state index is 14.0. The molecule has 0 aromatic heterocycles. The van der Waals surface area contributed by atoms with Gasteiger partial charge in [0, 0.05) is 0 Å². The zero-order valence-electron chi connectivity index (χ0n) is 15.1. The topological polar surface area (TPSA) is 35.5 Å². The van der Waals surface area contributed by atoms with E-state index in [1.807, 2.05) is 41.5 Å². The number of esters is 1. The van der Waals surface area contributed by atoms with E-state index in [4.69, 9.17) is 9.47 Å². The van der Waals surface area contributed by atoms with Crippen LogP contribution in [0.3, 0.4) is 0 Å². The Bertz CT molecular complexity index is 362. The third kappa shape index (κ3) is 4.94. The number of alkyl halides is 1. The summed E-state index contributed by atoms with van der Waals surface area (Å²) in [5.41, 5.74) is -1.81. The molecule has 4 heteroatoms. The van der Waals surface area contributed by atoms with Crippen molar-refractivity contribution < 1.29 is 18.7 Å². The van der Waals surface area contributed by atoms with Crippen LogP contribution in [0.15, 0.2) is 0 Å². The van der Waals surface area contributed by atoms with E-state index >= 15 is 0 Å². The van der Waals surface area contributed by atoms with Crippen LogP contribution in [-0.2, 0) is 14.3 Å². The van der Waals surface area contributed by atoms with Crippen molar-refractivity contribution in [3.8, 4) is 0 Å². The van der Waals surface area contributed by atoms with Crippen LogP contribution in [0.1, 0.15) is 73.6 Å². The highest BCUT2D eigenvalue weighted by Gasteiger charge is 2.52. The van der Waals surface area contributed by atoms with E-state index in [0.29, 0.717) is 6.42 Å². The van der Waals surface area contributed by atoms with Crippen LogP contribution < -0.4 is 0 Å². The molecule has 1 saturated carbocycles. The quantitative estimate of drug-likeness (QED) is 0.517. The molecule has 0 N–H and O–H groups in total. The van der Waals surface area contributed by atoms with E-state index in [1.165, 1.54) is 12.8 Å². The van der Waals surface area contributed by atoms with Gasteiger partial charge in [-0.2, -0.15) is 0 Å². The summed E-state index contributed by atoms with van der Waals surface area (Å²) in [5, 5.41) is 0. The highest BCUT2D eigenvalue weighted by molar-refractivity contribution is 5.78. The monoisotopic (exact) mass is 316 g/mol. The Morgan fingerprint density at radius 1 is 1.09 bits per heavy atom. The molecule has 0 saturated heterocycles. The summed E-state index contributed by atoms with van der Waals surface area (Å²) in [6.45, 7) is 11.0. The Balaban J connectivity index is 2.74. The number of hydrogen-bond donors (Lipinski definition) is 0. The van der Waals surface area contributed by atoms with Gasteiger partial charge < -0.3 is 9.47 Å². The van der Waals surface area contributed by atoms with Crippen LogP contribution in [0.2, 0.25) is 0 Å². The molecular formula is C18H33FO3. The van der Waals surface area contributed by atoms with E-state index in [0.717, 1.165) is 12.8 Å². The van der Waals surface area contributed by atoms with Gasteiger partial charge in [-0.15, -0.1) is 0 Å². The van der Waals surface area contributed by atoms with Gasteiger partial charge in [-0.25, -0.2) is 4.39 Å². The Morgan fingerprint density at radius 2 is 1.64 bits per heavy atom. The Labute approximate surface area is 134 Å². The van der Waals surface area contributed by atoms with Crippen molar-refractivity contribution >= 4 is 5.97 Å². The van der Waals surface area contributed by atoms with Gasteiger partial charge in [0.2, 0.25) is 0 Å². The van der Waals surface area contributed by atoms with Crippen molar-refractivity contribution in [3.63, 3.8) is 0 Å². The number of ether oxygens (including phenoxy) is 2. The molecule has 0 aromatic rings. The first-order valence-corrected chi connectivity index (χ1v) is 8.37. The summed E-state index contributed by atoms with van der Waals surface area (Å²) in [5.74, 6) is -0.476. The second-order valence-corrected chi connectivity index (χ2v) is 8.83. The van der Waals surface area contributed by atoms with Gasteiger partial charge in [-0.3, -0.25) is 4.79 Å². The molecule has 0 aliphatic heterocycles. The second kappa shape index (κ2) is 7.29. The highest BCUT2D eigenvalue weighted by Crippen LogP contribution is 2.48. The van der Waals surface area contributed by atoms with Crippen LogP contribution >= 0.6 is 0 Å². The third-order valence-corrected chi connectivity index (χ3v) is 4.68. The summed E-state index contributed by atoms with van der Waals surface area (Å²) in [6.07, 6.45) is 5.00. The molecule has 1 aliphatic carbocycles. The lowest BCUT2D eigenvalue weighted by molar-refractivity contribution is -0.184. The lowest BCUT2D eigenvalue weighted by atomic mass is 9.61. The summed E-state index contributed by atoms with van der Waals surface area (Å²) in [7, 11) is 0. The van der Waals surface area contributed by atoms with E-state index < -0.39 is 23.5 Å². The van der Waals surface area contributed by atoms with E-state index in [-0.39, 0.29) is 18.3 Å². The van der Waals surface area contributed by atoms with Gasteiger partial charge >= 0.3 is 5.97 Å². The first kappa shape index (κ1) is 19.4. The van der Waals surface area contributed by atoms with Crippen molar-refractivity contribution in [1.82, 2.24) is 0 Å². The van der Waals surface area contributed by atoms with Crippen LogP contribution in [0.5, 0.6) is 0 Å². The molecule has 0 heterocycles.